The van der Waals surface area contributed by atoms with Crippen LogP contribution in [0.25, 0.3) is 0 Å². The van der Waals surface area contributed by atoms with Crippen molar-refractivity contribution in [3.8, 4) is 0 Å². The number of halogens is 1. The van der Waals surface area contributed by atoms with Gasteiger partial charge in [0, 0.05) is 30.2 Å². The summed E-state index contributed by atoms with van der Waals surface area (Å²) in [5.41, 5.74) is 1.47. The van der Waals surface area contributed by atoms with Gasteiger partial charge in [-0.25, -0.2) is 0 Å². The second kappa shape index (κ2) is 7.55. The van der Waals surface area contributed by atoms with E-state index in [9.17, 15) is 9.59 Å². The van der Waals surface area contributed by atoms with Crippen LogP contribution in [0.3, 0.4) is 0 Å². The minimum atomic E-state index is -0.470. The molecule has 0 radical (unpaired) electrons. The highest BCUT2D eigenvalue weighted by Gasteiger charge is 2.33. The average Bonchev–Trinajstić information content (AvgIpc) is 2.93. The van der Waals surface area contributed by atoms with Gasteiger partial charge in [0.2, 0.25) is 5.91 Å². The van der Waals surface area contributed by atoms with Crippen molar-refractivity contribution in [2.75, 3.05) is 31.6 Å². The lowest BCUT2D eigenvalue weighted by molar-refractivity contribution is -0.121. The Bertz CT molecular complexity index is 689. The van der Waals surface area contributed by atoms with E-state index in [1.54, 1.807) is 18.2 Å². The smallest absolute Gasteiger partial charge is 0.262 e. The van der Waals surface area contributed by atoms with E-state index < -0.39 is 5.25 Å². The predicted octanol–water partition coefficient (Wildman–Crippen LogP) is 2.31. The lowest BCUT2D eigenvalue weighted by Crippen LogP contribution is -2.39. The quantitative estimate of drug-likeness (QED) is 0.887. The highest BCUT2D eigenvalue weighted by Crippen LogP contribution is 2.29. The van der Waals surface area contributed by atoms with Crippen LogP contribution in [-0.4, -0.2) is 53.4 Å². The first-order chi connectivity index (χ1) is 11.5. The lowest BCUT2D eigenvalue weighted by Gasteiger charge is -2.27. The van der Waals surface area contributed by atoms with Crippen LogP contribution in [0, 0.1) is 6.92 Å². The first-order valence-electron chi connectivity index (χ1n) is 7.71. The number of aliphatic imine (C=N–C) groups is 1. The van der Waals surface area contributed by atoms with Crippen LogP contribution in [0.1, 0.15) is 12.0 Å². The molecule has 8 heteroatoms. The van der Waals surface area contributed by atoms with Gasteiger partial charge in [-0.2, -0.15) is 4.99 Å². The molecule has 24 heavy (non-hydrogen) atoms. The number of carbonyl (C=O) groups is 2. The van der Waals surface area contributed by atoms with Gasteiger partial charge in [-0.3, -0.25) is 9.59 Å². The summed E-state index contributed by atoms with van der Waals surface area (Å²) in [4.78, 5) is 30.5. The Balaban J connectivity index is 1.57. The zero-order chi connectivity index (χ0) is 17.1. The van der Waals surface area contributed by atoms with Crippen LogP contribution < -0.4 is 5.32 Å². The number of ether oxygens (including phenoxy) is 1. The number of amides is 2. The number of nitrogens with zero attached hydrogens (tertiary/aromatic N) is 2. The fourth-order valence-electron chi connectivity index (χ4n) is 2.51. The fraction of sp³-hybridized carbons (Fsp3) is 0.438. The first-order valence-corrected chi connectivity index (χ1v) is 8.97. The van der Waals surface area contributed by atoms with Gasteiger partial charge >= 0.3 is 0 Å². The highest BCUT2D eigenvalue weighted by molar-refractivity contribution is 8.15. The summed E-state index contributed by atoms with van der Waals surface area (Å²) in [6, 6.07) is 5.34. The molecule has 1 atom stereocenters. The van der Waals surface area contributed by atoms with E-state index in [0.29, 0.717) is 29.1 Å². The van der Waals surface area contributed by atoms with Crippen LogP contribution in [0.15, 0.2) is 23.2 Å². The molecule has 0 bridgehead atoms. The molecule has 0 aromatic heterocycles. The van der Waals surface area contributed by atoms with Gasteiger partial charge in [0.1, 0.15) is 5.25 Å². The molecule has 1 saturated heterocycles. The minimum Gasteiger partial charge on any atom is -0.378 e. The molecule has 128 valence electrons. The van der Waals surface area contributed by atoms with Crippen molar-refractivity contribution < 1.29 is 14.3 Å². The largest absolute Gasteiger partial charge is 0.378 e. The Labute approximate surface area is 149 Å². The van der Waals surface area contributed by atoms with E-state index in [0.717, 1.165) is 18.7 Å². The van der Waals surface area contributed by atoms with Gasteiger partial charge in [-0.1, -0.05) is 29.4 Å². The normalized spacial score (nSPS) is 20.9. The summed E-state index contributed by atoms with van der Waals surface area (Å²) in [5, 5.41) is 3.64. The molecule has 2 aliphatic heterocycles. The van der Waals surface area contributed by atoms with Crippen molar-refractivity contribution in [1.29, 1.82) is 0 Å². The molecule has 2 heterocycles. The van der Waals surface area contributed by atoms with Crippen molar-refractivity contribution in [1.82, 2.24) is 4.90 Å². The average molecular weight is 368 g/mol. The van der Waals surface area contributed by atoms with Gasteiger partial charge in [-0.05, 0) is 24.6 Å². The van der Waals surface area contributed by atoms with Crippen molar-refractivity contribution in [2.24, 2.45) is 4.99 Å². The van der Waals surface area contributed by atoms with E-state index in [4.69, 9.17) is 16.3 Å². The molecule has 2 amide bonds. The van der Waals surface area contributed by atoms with Gasteiger partial charge < -0.3 is 15.0 Å². The summed E-state index contributed by atoms with van der Waals surface area (Å²) in [6.07, 6.45) is 0.0901. The third kappa shape index (κ3) is 3.91. The van der Waals surface area contributed by atoms with Gasteiger partial charge in [0.25, 0.3) is 5.91 Å². The topological polar surface area (TPSA) is 71.0 Å². The fourth-order valence-corrected chi connectivity index (χ4v) is 3.80. The highest BCUT2D eigenvalue weighted by atomic mass is 35.5. The number of benzene rings is 1. The molecule has 0 unspecified atom stereocenters. The first kappa shape index (κ1) is 17.3. The van der Waals surface area contributed by atoms with Gasteiger partial charge in [0.15, 0.2) is 5.17 Å². The molecule has 6 nitrogen and oxygen atoms in total. The SMILES string of the molecule is Cc1c(Cl)cccc1NC(=O)C[C@H]1SC(N2CCOCC2)=NC1=O. The zero-order valence-corrected chi connectivity index (χ0v) is 14.8. The summed E-state index contributed by atoms with van der Waals surface area (Å²) >= 11 is 7.41. The van der Waals surface area contributed by atoms with Crippen LogP contribution in [0.2, 0.25) is 5.02 Å². The molecule has 0 spiro atoms. The number of morpholine rings is 1. The maximum absolute atomic E-state index is 12.3. The Morgan fingerprint density at radius 1 is 1.46 bits per heavy atom. The number of hydrogen-bond donors (Lipinski definition) is 1. The molecule has 0 saturated carbocycles. The summed E-state index contributed by atoms with van der Waals surface area (Å²) < 4.78 is 5.30. The number of anilines is 1. The molecule has 3 rings (SSSR count). The van der Waals surface area contributed by atoms with Crippen LogP contribution in [0.4, 0.5) is 5.69 Å². The molecule has 0 aliphatic carbocycles. The Morgan fingerprint density at radius 3 is 2.96 bits per heavy atom. The summed E-state index contributed by atoms with van der Waals surface area (Å²) in [7, 11) is 0. The van der Waals surface area contributed by atoms with E-state index in [1.165, 1.54) is 11.8 Å². The van der Waals surface area contributed by atoms with E-state index in [-0.39, 0.29) is 18.2 Å². The maximum atomic E-state index is 12.3. The number of amidine groups is 1. The second-order valence-electron chi connectivity index (χ2n) is 5.60. The number of nitrogens with one attached hydrogen (secondary N) is 1. The zero-order valence-electron chi connectivity index (χ0n) is 13.3. The van der Waals surface area contributed by atoms with Crippen molar-refractivity contribution in [3.63, 3.8) is 0 Å². The molecular formula is C16H18ClN3O3S. The number of rotatable bonds is 3. The standard InChI is InChI=1S/C16H18ClN3O3S/c1-10-11(17)3-2-4-12(10)18-14(21)9-13-15(22)19-16(24-13)20-5-7-23-8-6-20/h2-4,13H,5-9H2,1H3,(H,18,21)/t13-/m1/s1. The lowest BCUT2D eigenvalue weighted by atomic mass is 10.2. The van der Waals surface area contributed by atoms with E-state index in [2.05, 4.69) is 10.3 Å². The molecular weight excluding hydrogens is 350 g/mol. The van der Waals surface area contributed by atoms with Crippen molar-refractivity contribution >= 4 is 46.0 Å². The summed E-state index contributed by atoms with van der Waals surface area (Å²) in [6.45, 7) is 4.55. The van der Waals surface area contributed by atoms with E-state index >= 15 is 0 Å². The van der Waals surface area contributed by atoms with Crippen molar-refractivity contribution in [2.45, 2.75) is 18.6 Å². The molecule has 2 aliphatic rings. The summed E-state index contributed by atoms with van der Waals surface area (Å²) in [5.74, 6) is -0.468. The molecule has 1 fully saturated rings. The number of hydrogen-bond acceptors (Lipinski definition) is 5. The van der Waals surface area contributed by atoms with Crippen LogP contribution in [0.5, 0.6) is 0 Å². The molecule has 1 aromatic rings. The van der Waals surface area contributed by atoms with Crippen LogP contribution >= 0.6 is 23.4 Å². The minimum absolute atomic E-state index is 0.0901. The van der Waals surface area contributed by atoms with Crippen molar-refractivity contribution in [3.05, 3.63) is 28.8 Å². The number of thioether (sulfide) groups is 1. The van der Waals surface area contributed by atoms with Gasteiger partial charge in [0.05, 0.1) is 13.2 Å². The predicted molar refractivity (Wildman–Crippen MR) is 95.6 cm³/mol. The third-order valence-corrected chi connectivity index (χ3v) is 5.55. The third-order valence-electron chi connectivity index (χ3n) is 3.92. The Hall–Kier alpha value is -1.57. The maximum Gasteiger partial charge on any atom is 0.262 e. The monoisotopic (exact) mass is 367 g/mol. The number of carbonyl (C=O) groups excluding carboxylic acids is 2. The second-order valence-corrected chi connectivity index (χ2v) is 7.18. The Kier molecular flexibility index (Phi) is 5.43. The molecule has 1 N–H and O–H groups in total. The van der Waals surface area contributed by atoms with Crippen LogP contribution in [-0.2, 0) is 14.3 Å². The van der Waals surface area contributed by atoms with Gasteiger partial charge in [-0.15, -0.1) is 0 Å². The van der Waals surface area contributed by atoms with E-state index in [1.807, 2.05) is 11.8 Å². The Morgan fingerprint density at radius 2 is 2.21 bits per heavy atom. The molecule has 1 aromatic carbocycles.